The lowest BCUT2D eigenvalue weighted by Crippen LogP contribution is -2.03. The van der Waals surface area contributed by atoms with Crippen LogP contribution in [0.1, 0.15) is 5.56 Å². The van der Waals surface area contributed by atoms with Crippen molar-refractivity contribution in [3.63, 3.8) is 0 Å². The van der Waals surface area contributed by atoms with E-state index in [1.165, 1.54) is 0 Å². The second-order valence-electron chi connectivity index (χ2n) is 6.71. The predicted molar refractivity (Wildman–Crippen MR) is 112 cm³/mol. The molecule has 0 bridgehead atoms. The van der Waals surface area contributed by atoms with Gasteiger partial charge in [0.15, 0.2) is 0 Å². The van der Waals surface area contributed by atoms with Gasteiger partial charge in [-0.2, -0.15) is 5.10 Å². The molecule has 0 fully saturated rings. The van der Waals surface area contributed by atoms with E-state index in [9.17, 15) is 5.11 Å². The number of nitrogens with zero attached hydrogens (tertiary/aromatic N) is 5. The van der Waals surface area contributed by atoms with E-state index >= 15 is 0 Å². The van der Waals surface area contributed by atoms with Crippen molar-refractivity contribution < 1.29 is 5.11 Å². The van der Waals surface area contributed by atoms with Gasteiger partial charge in [0.1, 0.15) is 11.3 Å². The van der Waals surface area contributed by atoms with E-state index in [1.54, 1.807) is 29.1 Å². The number of rotatable bonds is 4. The minimum absolute atomic E-state index is 0.161. The fourth-order valence-electron chi connectivity index (χ4n) is 3.41. The lowest BCUT2D eigenvalue weighted by Gasteiger charge is -2.09. The first-order chi connectivity index (χ1) is 14.2. The van der Waals surface area contributed by atoms with Crippen molar-refractivity contribution in [3.8, 4) is 22.7 Å². The summed E-state index contributed by atoms with van der Waals surface area (Å²) in [5.74, 6) is 0.161. The maximum atomic E-state index is 9.82. The third-order valence-electron chi connectivity index (χ3n) is 4.77. The SMILES string of the molecule is Oc1cccc(-n2nnc3c(Cl)cc(-c4ccnn4Cc4ccccc4)cc32)c1. The molecule has 6 nitrogen and oxygen atoms in total. The quantitative estimate of drug-likeness (QED) is 0.474. The van der Waals surface area contributed by atoms with Crippen LogP contribution in [0.3, 0.4) is 0 Å². The first-order valence-electron chi connectivity index (χ1n) is 9.09. The van der Waals surface area contributed by atoms with Gasteiger partial charge in [-0.15, -0.1) is 5.10 Å². The normalized spacial score (nSPS) is 11.2. The summed E-state index contributed by atoms with van der Waals surface area (Å²) >= 11 is 6.53. The number of hydrogen-bond donors (Lipinski definition) is 1. The van der Waals surface area contributed by atoms with Gasteiger partial charge in [0, 0.05) is 17.8 Å². The van der Waals surface area contributed by atoms with Crippen LogP contribution in [0.15, 0.2) is 79.0 Å². The molecule has 0 atom stereocenters. The molecular formula is C22H16ClN5O. The highest BCUT2D eigenvalue weighted by atomic mass is 35.5. The Kier molecular flexibility index (Phi) is 4.26. The van der Waals surface area contributed by atoms with Crippen LogP contribution in [0, 0.1) is 0 Å². The summed E-state index contributed by atoms with van der Waals surface area (Å²) in [4.78, 5) is 0. The van der Waals surface area contributed by atoms with E-state index < -0.39 is 0 Å². The molecule has 5 rings (SSSR count). The Morgan fingerprint density at radius 2 is 1.79 bits per heavy atom. The summed E-state index contributed by atoms with van der Waals surface area (Å²) in [7, 11) is 0. The monoisotopic (exact) mass is 401 g/mol. The molecule has 2 heterocycles. The molecule has 142 valence electrons. The second-order valence-corrected chi connectivity index (χ2v) is 7.11. The molecule has 0 aliphatic heterocycles. The van der Waals surface area contributed by atoms with Crippen LogP contribution < -0.4 is 0 Å². The van der Waals surface area contributed by atoms with E-state index in [2.05, 4.69) is 27.5 Å². The number of fused-ring (bicyclic) bond motifs is 1. The number of halogens is 1. The lowest BCUT2D eigenvalue weighted by molar-refractivity contribution is 0.475. The van der Waals surface area contributed by atoms with Gasteiger partial charge in [0.2, 0.25) is 0 Å². The highest BCUT2D eigenvalue weighted by Crippen LogP contribution is 2.31. The molecule has 0 saturated carbocycles. The first kappa shape index (κ1) is 17.5. The molecule has 0 saturated heterocycles. The van der Waals surface area contributed by atoms with E-state index in [0.29, 0.717) is 22.8 Å². The summed E-state index contributed by atoms with van der Waals surface area (Å²) in [5, 5.41) is 23.3. The topological polar surface area (TPSA) is 68.8 Å². The Balaban J connectivity index is 1.62. The van der Waals surface area contributed by atoms with E-state index in [-0.39, 0.29) is 5.75 Å². The van der Waals surface area contributed by atoms with Crippen molar-refractivity contribution in [1.29, 1.82) is 0 Å². The van der Waals surface area contributed by atoms with Crippen molar-refractivity contribution in [3.05, 3.63) is 89.6 Å². The van der Waals surface area contributed by atoms with Gasteiger partial charge >= 0.3 is 0 Å². The molecule has 2 aromatic heterocycles. The molecule has 5 aromatic rings. The maximum Gasteiger partial charge on any atom is 0.132 e. The zero-order valence-corrected chi connectivity index (χ0v) is 16.0. The molecule has 1 N–H and O–H groups in total. The van der Waals surface area contributed by atoms with Gasteiger partial charge < -0.3 is 5.11 Å². The van der Waals surface area contributed by atoms with Crippen molar-refractivity contribution in [2.45, 2.75) is 6.54 Å². The van der Waals surface area contributed by atoms with Crippen LogP contribution in [0.4, 0.5) is 0 Å². The van der Waals surface area contributed by atoms with Gasteiger partial charge in [-0.1, -0.05) is 53.2 Å². The number of benzene rings is 3. The van der Waals surface area contributed by atoms with Gasteiger partial charge in [-0.25, -0.2) is 4.68 Å². The van der Waals surface area contributed by atoms with E-state index in [4.69, 9.17) is 11.6 Å². The molecule has 0 radical (unpaired) electrons. The highest BCUT2D eigenvalue weighted by molar-refractivity contribution is 6.35. The molecule has 0 aliphatic rings. The van der Waals surface area contributed by atoms with E-state index in [1.807, 2.05) is 47.1 Å². The zero-order chi connectivity index (χ0) is 19.8. The van der Waals surface area contributed by atoms with Crippen LogP contribution >= 0.6 is 11.6 Å². The van der Waals surface area contributed by atoms with Crippen LogP contribution in [0.2, 0.25) is 5.02 Å². The van der Waals surface area contributed by atoms with Crippen molar-refractivity contribution in [2.75, 3.05) is 0 Å². The maximum absolute atomic E-state index is 9.82. The summed E-state index contributed by atoms with van der Waals surface area (Å²) in [6.07, 6.45) is 1.78. The van der Waals surface area contributed by atoms with Gasteiger partial charge in [-0.05, 0) is 35.9 Å². The Hall–Kier alpha value is -3.64. The average molecular weight is 402 g/mol. The third-order valence-corrected chi connectivity index (χ3v) is 5.06. The van der Waals surface area contributed by atoms with Crippen molar-refractivity contribution in [2.24, 2.45) is 0 Å². The van der Waals surface area contributed by atoms with Crippen LogP contribution in [-0.4, -0.2) is 29.9 Å². The van der Waals surface area contributed by atoms with E-state index in [0.717, 1.165) is 22.3 Å². The van der Waals surface area contributed by atoms with Crippen LogP contribution in [0.25, 0.3) is 28.0 Å². The molecule has 0 amide bonds. The molecule has 0 aliphatic carbocycles. The third kappa shape index (κ3) is 3.23. The first-order valence-corrected chi connectivity index (χ1v) is 9.47. The number of phenolic OH excluding ortho intramolecular Hbond substituents is 1. The lowest BCUT2D eigenvalue weighted by atomic mass is 10.1. The minimum Gasteiger partial charge on any atom is -0.508 e. The Morgan fingerprint density at radius 1 is 0.931 bits per heavy atom. The number of phenols is 1. The largest absolute Gasteiger partial charge is 0.508 e. The van der Waals surface area contributed by atoms with Crippen LogP contribution in [-0.2, 0) is 6.54 Å². The fraction of sp³-hybridized carbons (Fsp3) is 0.0455. The van der Waals surface area contributed by atoms with Gasteiger partial charge in [0.25, 0.3) is 0 Å². The molecule has 0 unspecified atom stereocenters. The molecule has 3 aromatic carbocycles. The Bertz CT molecular complexity index is 1310. The number of aromatic hydroxyl groups is 1. The number of hydrogen-bond acceptors (Lipinski definition) is 4. The van der Waals surface area contributed by atoms with Gasteiger partial charge in [-0.3, -0.25) is 4.68 Å². The predicted octanol–water partition coefficient (Wildman–Crippen LogP) is 4.69. The average Bonchev–Trinajstić information content (AvgIpc) is 3.36. The van der Waals surface area contributed by atoms with Crippen molar-refractivity contribution in [1.82, 2.24) is 24.8 Å². The van der Waals surface area contributed by atoms with Crippen molar-refractivity contribution >= 4 is 22.6 Å². The molecule has 29 heavy (non-hydrogen) atoms. The summed E-state index contributed by atoms with van der Waals surface area (Å²) in [5.41, 5.74) is 5.09. The Labute approximate surface area is 171 Å². The minimum atomic E-state index is 0.161. The summed E-state index contributed by atoms with van der Waals surface area (Å²) < 4.78 is 3.61. The smallest absolute Gasteiger partial charge is 0.132 e. The molecule has 0 spiro atoms. The number of aromatic nitrogens is 5. The summed E-state index contributed by atoms with van der Waals surface area (Å²) in [6, 6.07) is 22.9. The zero-order valence-electron chi connectivity index (χ0n) is 15.3. The summed E-state index contributed by atoms with van der Waals surface area (Å²) in [6.45, 7) is 0.656. The highest BCUT2D eigenvalue weighted by Gasteiger charge is 2.15. The van der Waals surface area contributed by atoms with Crippen LogP contribution in [0.5, 0.6) is 5.75 Å². The standard InChI is InChI=1S/C22H16ClN5O/c23-19-11-16(20-9-10-24-27(20)14-15-5-2-1-3-6-15)12-21-22(19)25-26-28(21)17-7-4-8-18(29)13-17/h1-13,29H,14H2. The molecule has 7 heteroatoms. The van der Waals surface area contributed by atoms with Gasteiger partial charge in [0.05, 0.1) is 28.5 Å². The molecular weight excluding hydrogens is 386 g/mol. The second kappa shape index (κ2) is 7.07. The fourth-order valence-corrected chi connectivity index (χ4v) is 3.66. The Morgan fingerprint density at radius 3 is 2.62 bits per heavy atom.